The molecule has 1 aromatic heterocycles. The van der Waals surface area contributed by atoms with Crippen LogP contribution in [0.1, 0.15) is 30.6 Å². The minimum atomic E-state index is -0.305. The van der Waals surface area contributed by atoms with Gasteiger partial charge in [-0.1, -0.05) is 19.1 Å². The number of amides is 1. The third kappa shape index (κ3) is 2.52. The zero-order valence-electron chi connectivity index (χ0n) is 11.4. The maximum Gasteiger partial charge on any atom is 0.256 e. The maximum atomic E-state index is 12.3. The molecule has 0 unspecified atom stereocenters. The first-order chi connectivity index (χ1) is 9.04. The molecule has 0 aliphatic rings. The van der Waals surface area contributed by atoms with E-state index in [0.29, 0.717) is 5.39 Å². The van der Waals surface area contributed by atoms with E-state index in [2.05, 4.69) is 5.32 Å². The van der Waals surface area contributed by atoms with E-state index in [1.807, 2.05) is 37.6 Å². The molecule has 1 N–H and O–H groups in total. The van der Waals surface area contributed by atoms with Crippen molar-refractivity contribution in [1.29, 1.82) is 0 Å². The van der Waals surface area contributed by atoms with E-state index in [0.717, 1.165) is 11.9 Å². The molecule has 2 rings (SSSR count). The summed E-state index contributed by atoms with van der Waals surface area (Å²) in [6.07, 6.45) is 2.43. The van der Waals surface area contributed by atoms with Gasteiger partial charge in [0.25, 0.3) is 5.91 Å². The fourth-order valence-corrected chi connectivity index (χ4v) is 2.01. The number of rotatable bonds is 3. The van der Waals surface area contributed by atoms with Crippen molar-refractivity contribution in [2.45, 2.75) is 26.3 Å². The number of benzene rings is 1. The van der Waals surface area contributed by atoms with Crippen molar-refractivity contribution in [3.05, 3.63) is 46.2 Å². The lowest BCUT2D eigenvalue weighted by Crippen LogP contribution is -2.35. The van der Waals surface area contributed by atoms with Crippen molar-refractivity contribution < 1.29 is 4.79 Å². The normalized spacial score (nSPS) is 12.4. The highest BCUT2D eigenvalue weighted by Crippen LogP contribution is 2.10. The van der Waals surface area contributed by atoms with Crippen LogP contribution in [-0.2, 0) is 7.05 Å². The van der Waals surface area contributed by atoms with Crippen LogP contribution in [0.5, 0.6) is 0 Å². The number of nitrogens with one attached hydrogen (secondary N) is 1. The van der Waals surface area contributed by atoms with Crippen molar-refractivity contribution in [2.24, 2.45) is 7.05 Å². The van der Waals surface area contributed by atoms with Gasteiger partial charge in [0.2, 0.25) is 5.43 Å². The van der Waals surface area contributed by atoms with E-state index in [-0.39, 0.29) is 22.9 Å². The predicted octanol–water partition coefficient (Wildman–Crippen LogP) is 2.07. The molecule has 0 saturated heterocycles. The number of nitrogens with zero attached hydrogens (tertiary/aromatic N) is 1. The van der Waals surface area contributed by atoms with Crippen molar-refractivity contribution in [3.63, 3.8) is 0 Å². The largest absolute Gasteiger partial charge is 0.350 e. The number of pyridine rings is 1. The summed E-state index contributed by atoms with van der Waals surface area (Å²) in [5.74, 6) is -0.305. The maximum absolute atomic E-state index is 12.3. The second kappa shape index (κ2) is 5.26. The molecule has 0 radical (unpaired) electrons. The van der Waals surface area contributed by atoms with E-state index in [9.17, 15) is 9.59 Å². The van der Waals surface area contributed by atoms with Crippen LogP contribution in [-0.4, -0.2) is 16.5 Å². The van der Waals surface area contributed by atoms with Crippen LogP contribution in [0, 0.1) is 0 Å². The lowest BCUT2D eigenvalue weighted by atomic mass is 10.1. The first-order valence-electron chi connectivity index (χ1n) is 6.43. The molecule has 1 atom stereocenters. The second-order valence-corrected chi connectivity index (χ2v) is 4.78. The Hall–Kier alpha value is -2.10. The number of hydrogen-bond donors (Lipinski definition) is 1. The SMILES string of the molecule is CC[C@@H](C)NC(=O)c1cn(C)c2ccccc2c1=O. The monoisotopic (exact) mass is 258 g/mol. The van der Waals surface area contributed by atoms with E-state index >= 15 is 0 Å². The average Bonchev–Trinajstić information content (AvgIpc) is 2.42. The van der Waals surface area contributed by atoms with Gasteiger partial charge in [-0.05, 0) is 25.5 Å². The highest BCUT2D eigenvalue weighted by Gasteiger charge is 2.15. The van der Waals surface area contributed by atoms with Crippen LogP contribution >= 0.6 is 0 Å². The van der Waals surface area contributed by atoms with E-state index in [4.69, 9.17) is 0 Å². The average molecular weight is 258 g/mol. The van der Waals surface area contributed by atoms with Crippen molar-refractivity contribution >= 4 is 16.8 Å². The molecule has 0 fully saturated rings. The summed E-state index contributed by atoms with van der Waals surface area (Å²) < 4.78 is 1.81. The molecule has 1 amide bonds. The lowest BCUT2D eigenvalue weighted by Gasteiger charge is -2.13. The molecule has 0 bridgehead atoms. The molecule has 0 aliphatic carbocycles. The summed E-state index contributed by atoms with van der Waals surface area (Å²) in [4.78, 5) is 24.4. The Balaban J connectivity index is 2.53. The predicted molar refractivity (Wildman–Crippen MR) is 76.4 cm³/mol. The fourth-order valence-electron chi connectivity index (χ4n) is 2.01. The highest BCUT2D eigenvalue weighted by molar-refractivity contribution is 5.97. The Morgan fingerprint density at radius 3 is 2.74 bits per heavy atom. The summed E-state index contributed by atoms with van der Waals surface area (Å²) in [7, 11) is 1.84. The zero-order chi connectivity index (χ0) is 14.0. The summed E-state index contributed by atoms with van der Waals surface area (Å²) in [5.41, 5.74) is 0.809. The number of carbonyl (C=O) groups is 1. The fraction of sp³-hybridized carbons (Fsp3) is 0.333. The van der Waals surface area contributed by atoms with Gasteiger partial charge in [-0.2, -0.15) is 0 Å². The first-order valence-corrected chi connectivity index (χ1v) is 6.43. The topological polar surface area (TPSA) is 51.1 Å². The van der Waals surface area contributed by atoms with Crippen LogP contribution in [0.2, 0.25) is 0 Å². The van der Waals surface area contributed by atoms with Crippen LogP contribution in [0.3, 0.4) is 0 Å². The molecule has 1 heterocycles. The van der Waals surface area contributed by atoms with Crippen LogP contribution in [0.15, 0.2) is 35.3 Å². The molecule has 4 nitrogen and oxygen atoms in total. The Morgan fingerprint density at radius 2 is 2.05 bits per heavy atom. The summed E-state index contributed by atoms with van der Waals surface area (Å²) in [6, 6.07) is 7.36. The van der Waals surface area contributed by atoms with E-state index in [1.165, 1.54) is 0 Å². The minimum Gasteiger partial charge on any atom is -0.350 e. The third-order valence-corrected chi connectivity index (χ3v) is 3.33. The van der Waals surface area contributed by atoms with Gasteiger partial charge in [0.05, 0.1) is 5.52 Å². The first kappa shape index (κ1) is 13.3. The molecule has 0 spiro atoms. The van der Waals surface area contributed by atoms with Crippen LogP contribution in [0.4, 0.5) is 0 Å². The van der Waals surface area contributed by atoms with Crippen molar-refractivity contribution in [2.75, 3.05) is 0 Å². The van der Waals surface area contributed by atoms with Gasteiger partial charge in [0.1, 0.15) is 5.56 Å². The zero-order valence-corrected chi connectivity index (χ0v) is 11.4. The van der Waals surface area contributed by atoms with Crippen LogP contribution in [0.25, 0.3) is 10.9 Å². The minimum absolute atomic E-state index is 0.0590. The van der Waals surface area contributed by atoms with Gasteiger partial charge in [0.15, 0.2) is 0 Å². The molecule has 1 aromatic carbocycles. The van der Waals surface area contributed by atoms with Gasteiger partial charge in [-0.25, -0.2) is 0 Å². The van der Waals surface area contributed by atoms with Gasteiger partial charge >= 0.3 is 0 Å². The van der Waals surface area contributed by atoms with Crippen molar-refractivity contribution in [3.8, 4) is 0 Å². The summed E-state index contributed by atoms with van der Waals surface area (Å²) >= 11 is 0. The molecule has 100 valence electrons. The smallest absolute Gasteiger partial charge is 0.256 e. The van der Waals surface area contributed by atoms with Gasteiger partial charge in [0, 0.05) is 24.7 Å². The molecule has 19 heavy (non-hydrogen) atoms. The third-order valence-electron chi connectivity index (χ3n) is 3.33. The van der Waals surface area contributed by atoms with Crippen molar-refractivity contribution in [1.82, 2.24) is 9.88 Å². The molecule has 0 saturated carbocycles. The standard InChI is InChI=1S/C15H18N2O2/c1-4-10(2)16-15(19)12-9-17(3)13-8-6-5-7-11(13)14(12)18/h5-10H,4H2,1-3H3,(H,16,19)/t10-/m1/s1. The molecular weight excluding hydrogens is 240 g/mol. The highest BCUT2D eigenvalue weighted by atomic mass is 16.2. The Labute approximate surface area is 112 Å². The molecule has 4 heteroatoms. The number of aryl methyl sites for hydroxylation is 1. The van der Waals surface area contributed by atoms with Gasteiger partial charge in [-0.3, -0.25) is 9.59 Å². The molecule has 2 aromatic rings. The number of fused-ring (bicyclic) bond motifs is 1. The number of hydrogen-bond acceptors (Lipinski definition) is 2. The summed E-state index contributed by atoms with van der Waals surface area (Å²) in [5, 5.41) is 3.40. The number of aromatic nitrogens is 1. The second-order valence-electron chi connectivity index (χ2n) is 4.78. The Morgan fingerprint density at radius 1 is 1.37 bits per heavy atom. The number of carbonyl (C=O) groups excluding carboxylic acids is 1. The van der Waals surface area contributed by atoms with Crippen LogP contribution < -0.4 is 10.7 Å². The molecule has 0 aliphatic heterocycles. The molecular formula is C15H18N2O2. The van der Waals surface area contributed by atoms with Gasteiger partial charge < -0.3 is 9.88 Å². The van der Waals surface area contributed by atoms with Gasteiger partial charge in [-0.15, -0.1) is 0 Å². The lowest BCUT2D eigenvalue weighted by molar-refractivity contribution is 0.0937. The Bertz CT molecular complexity index is 673. The quantitative estimate of drug-likeness (QED) is 0.916. The number of para-hydroxylation sites is 1. The van der Waals surface area contributed by atoms with E-state index in [1.54, 1.807) is 18.3 Å². The summed E-state index contributed by atoms with van der Waals surface area (Å²) in [6.45, 7) is 3.91. The van der Waals surface area contributed by atoms with E-state index < -0.39 is 0 Å². The Kier molecular flexibility index (Phi) is 3.69.